The minimum Gasteiger partial charge on any atom is -0.384 e. The number of para-hydroxylation sites is 1. The first-order chi connectivity index (χ1) is 16.3. The molecule has 0 radical (unpaired) electrons. The summed E-state index contributed by atoms with van der Waals surface area (Å²) < 4.78 is 30.9. The average molecular weight is 464 g/mol. The molecule has 5 aromatic rings. The van der Waals surface area contributed by atoms with Crippen molar-refractivity contribution in [3.05, 3.63) is 103 Å². The number of aromatic nitrogens is 2. The van der Waals surface area contributed by atoms with Gasteiger partial charge in [-0.05, 0) is 59.7 Å². The highest BCUT2D eigenvalue weighted by Crippen LogP contribution is 2.27. The Balaban J connectivity index is 0.000000636. The highest BCUT2D eigenvalue weighted by Gasteiger charge is 2.23. The van der Waals surface area contributed by atoms with Crippen molar-refractivity contribution < 1.29 is 18.3 Å². The van der Waals surface area contributed by atoms with Gasteiger partial charge in [-0.15, -0.1) is 0 Å². The van der Waals surface area contributed by atoms with Crippen LogP contribution in [0.15, 0.2) is 97.2 Å². The maximum Gasteiger partial charge on any atom is 0.379 e. The number of anilines is 1. The average Bonchev–Trinajstić information content (AvgIpc) is 3.26. The van der Waals surface area contributed by atoms with Crippen LogP contribution in [0.2, 0.25) is 0 Å². The van der Waals surface area contributed by atoms with E-state index in [-0.39, 0.29) is 0 Å². The van der Waals surface area contributed by atoms with E-state index in [1.165, 1.54) is 10.8 Å². The van der Waals surface area contributed by atoms with Crippen LogP contribution in [0.25, 0.3) is 27.4 Å². The van der Waals surface area contributed by atoms with Crippen LogP contribution < -0.4 is 5.32 Å². The molecular weight excluding hydrogens is 439 g/mol. The Morgan fingerprint density at radius 3 is 2.26 bits per heavy atom. The first-order valence-electron chi connectivity index (χ1n) is 10.7. The smallest absolute Gasteiger partial charge is 0.379 e. The van der Waals surface area contributed by atoms with Gasteiger partial charge in [-0.1, -0.05) is 54.6 Å². The van der Waals surface area contributed by atoms with Gasteiger partial charge in [0.05, 0.1) is 17.4 Å². The molecule has 0 aliphatic heterocycles. The Bertz CT molecular complexity index is 1380. The van der Waals surface area contributed by atoms with Crippen molar-refractivity contribution in [1.29, 1.82) is 0 Å². The molecular formula is C27H24F3N3O. The number of hydrogen-bond donors (Lipinski definition) is 2. The van der Waals surface area contributed by atoms with Gasteiger partial charge >= 0.3 is 6.68 Å². The third kappa shape index (κ3) is 5.38. The van der Waals surface area contributed by atoms with Crippen molar-refractivity contribution in [2.45, 2.75) is 19.2 Å². The van der Waals surface area contributed by atoms with Gasteiger partial charge in [-0.2, -0.15) is 18.3 Å². The fourth-order valence-corrected chi connectivity index (χ4v) is 3.82. The largest absolute Gasteiger partial charge is 0.384 e. The van der Waals surface area contributed by atoms with Crippen LogP contribution in [-0.4, -0.2) is 28.1 Å². The summed E-state index contributed by atoms with van der Waals surface area (Å²) in [4.78, 5) is 0. The Morgan fingerprint density at radius 1 is 0.853 bits per heavy atom. The van der Waals surface area contributed by atoms with Crippen LogP contribution >= 0.6 is 0 Å². The quantitative estimate of drug-likeness (QED) is 0.306. The Labute approximate surface area is 195 Å². The van der Waals surface area contributed by atoms with Crippen LogP contribution in [0, 0.1) is 0 Å². The minimum atomic E-state index is -3.67. The Kier molecular flexibility index (Phi) is 6.84. The first kappa shape index (κ1) is 23.3. The van der Waals surface area contributed by atoms with E-state index in [2.05, 4.69) is 34.7 Å². The van der Waals surface area contributed by atoms with Gasteiger partial charge in [0.1, 0.15) is 5.60 Å². The van der Waals surface area contributed by atoms with Crippen LogP contribution in [0.1, 0.15) is 12.5 Å². The molecule has 1 aromatic heterocycles. The number of halogens is 3. The van der Waals surface area contributed by atoms with Crippen molar-refractivity contribution in [1.82, 2.24) is 9.78 Å². The summed E-state index contributed by atoms with van der Waals surface area (Å²) in [7, 11) is 0. The maximum atomic E-state index is 11.2. The summed E-state index contributed by atoms with van der Waals surface area (Å²) in [6.45, 7) is -1.42. The SMILES string of the molecule is CC(O)(CNc1ccc2ccccc2c1)c1ccc2c(cnn2-c2ccccc2)c1.FC(F)F. The summed E-state index contributed by atoms with van der Waals surface area (Å²) >= 11 is 0. The van der Waals surface area contributed by atoms with E-state index >= 15 is 0 Å². The fraction of sp³-hybridized carbons (Fsp3) is 0.148. The molecule has 174 valence electrons. The van der Waals surface area contributed by atoms with Gasteiger partial charge in [-0.25, -0.2) is 4.68 Å². The van der Waals surface area contributed by atoms with Crippen molar-refractivity contribution >= 4 is 27.4 Å². The number of nitrogens with one attached hydrogen (secondary N) is 1. The molecule has 4 aromatic carbocycles. The normalized spacial score (nSPS) is 12.9. The predicted molar refractivity (Wildman–Crippen MR) is 130 cm³/mol. The van der Waals surface area contributed by atoms with Crippen LogP contribution in [0.5, 0.6) is 0 Å². The second kappa shape index (κ2) is 9.97. The zero-order chi connectivity index (χ0) is 24.1. The highest BCUT2D eigenvalue weighted by molar-refractivity contribution is 5.85. The zero-order valence-electron chi connectivity index (χ0n) is 18.5. The molecule has 7 heteroatoms. The van der Waals surface area contributed by atoms with Crippen LogP contribution in [0.4, 0.5) is 18.9 Å². The third-order valence-corrected chi connectivity index (χ3v) is 5.58. The summed E-state index contributed by atoms with van der Waals surface area (Å²) in [5.41, 5.74) is 2.87. The molecule has 1 atom stereocenters. The number of benzene rings is 4. The van der Waals surface area contributed by atoms with Crippen molar-refractivity contribution in [3.63, 3.8) is 0 Å². The zero-order valence-corrected chi connectivity index (χ0v) is 18.5. The maximum absolute atomic E-state index is 11.2. The summed E-state index contributed by atoms with van der Waals surface area (Å²) in [5, 5.41) is 22.5. The molecule has 4 nitrogen and oxygen atoms in total. The monoisotopic (exact) mass is 463 g/mol. The molecule has 1 heterocycles. The topological polar surface area (TPSA) is 50.1 Å². The van der Waals surface area contributed by atoms with E-state index in [1.807, 2.05) is 84.5 Å². The predicted octanol–water partition coefficient (Wildman–Crippen LogP) is 6.68. The van der Waals surface area contributed by atoms with E-state index in [0.717, 1.165) is 27.8 Å². The molecule has 0 saturated heterocycles. The van der Waals surface area contributed by atoms with E-state index in [9.17, 15) is 18.3 Å². The Hall–Kier alpha value is -3.84. The summed E-state index contributed by atoms with van der Waals surface area (Å²) in [5.74, 6) is 0. The second-order valence-corrected chi connectivity index (χ2v) is 8.10. The molecule has 0 bridgehead atoms. The number of hydrogen-bond acceptors (Lipinski definition) is 3. The van der Waals surface area contributed by atoms with E-state index in [0.29, 0.717) is 6.54 Å². The molecule has 1 unspecified atom stereocenters. The van der Waals surface area contributed by atoms with Gasteiger partial charge in [0.15, 0.2) is 0 Å². The lowest BCUT2D eigenvalue weighted by Crippen LogP contribution is -2.30. The van der Waals surface area contributed by atoms with Gasteiger partial charge < -0.3 is 10.4 Å². The van der Waals surface area contributed by atoms with Crippen molar-refractivity contribution in [2.75, 3.05) is 11.9 Å². The number of nitrogens with zero attached hydrogens (tertiary/aromatic N) is 2. The van der Waals surface area contributed by atoms with Crippen molar-refractivity contribution in [3.8, 4) is 5.69 Å². The molecule has 0 amide bonds. The summed E-state index contributed by atoms with van der Waals surface area (Å²) in [6, 6.07) is 30.6. The third-order valence-electron chi connectivity index (χ3n) is 5.58. The van der Waals surface area contributed by atoms with Crippen molar-refractivity contribution in [2.24, 2.45) is 0 Å². The molecule has 5 rings (SSSR count). The van der Waals surface area contributed by atoms with Gasteiger partial charge in [0, 0.05) is 17.6 Å². The number of rotatable bonds is 5. The molecule has 0 spiro atoms. The molecule has 0 aliphatic carbocycles. The molecule has 0 saturated carbocycles. The lowest BCUT2D eigenvalue weighted by Gasteiger charge is -2.25. The van der Waals surface area contributed by atoms with E-state index in [1.54, 1.807) is 0 Å². The summed E-state index contributed by atoms with van der Waals surface area (Å²) in [6.07, 6.45) is 1.85. The van der Waals surface area contributed by atoms with E-state index in [4.69, 9.17) is 0 Å². The molecule has 2 N–H and O–H groups in total. The minimum absolute atomic E-state index is 0.406. The fourth-order valence-electron chi connectivity index (χ4n) is 3.82. The first-order valence-corrected chi connectivity index (χ1v) is 10.7. The molecule has 34 heavy (non-hydrogen) atoms. The van der Waals surface area contributed by atoms with Crippen LogP contribution in [-0.2, 0) is 5.60 Å². The highest BCUT2D eigenvalue weighted by atomic mass is 19.4. The lowest BCUT2D eigenvalue weighted by atomic mass is 9.94. The van der Waals surface area contributed by atoms with E-state index < -0.39 is 12.3 Å². The number of alkyl halides is 3. The molecule has 0 fully saturated rings. The number of fused-ring (bicyclic) bond motifs is 2. The van der Waals surface area contributed by atoms with Crippen LogP contribution in [0.3, 0.4) is 0 Å². The van der Waals surface area contributed by atoms with Gasteiger partial charge in [-0.3, -0.25) is 0 Å². The molecule has 0 aliphatic rings. The lowest BCUT2D eigenvalue weighted by molar-refractivity contribution is 0.00818. The Morgan fingerprint density at radius 2 is 1.53 bits per heavy atom. The second-order valence-electron chi connectivity index (χ2n) is 8.10. The number of aliphatic hydroxyl groups is 1. The van der Waals surface area contributed by atoms with Gasteiger partial charge in [0.25, 0.3) is 0 Å². The standard InChI is InChI=1S/C26H23N3O.CHF3/c1-26(30,18-27-23-13-11-19-7-5-6-8-20(19)16-23)22-12-14-25-21(15-22)17-28-29(25)24-9-3-2-4-10-24;2-1(3)4/h2-17,27,30H,18H2,1H3;1H. The van der Waals surface area contributed by atoms with Gasteiger partial charge in [0.2, 0.25) is 0 Å².